The Labute approximate surface area is 153 Å². The molecule has 2 heterocycles. The second kappa shape index (κ2) is 7.33. The van der Waals surface area contributed by atoms with Gasteiger partial charge >= 0.3 is 5.97 Å². The van der Waals surface area contributed by atoms with E-state index >= 15 is 0 Å². The number of benzene rings is 1. The number of furan rings is 1. The van der Waals surface area contributed by atoms with Gasteiger partial charge in [-0.1, -0.05) is 11.6 Å². The zero-order chi connectivity index (χ0) is 18.0. The molecule has 0 fully saturated rings. The molecule has 0 unspecified atom stereocenters. The SMILES string of the molecule is CSc1ccc(Cl)c(C(=O)OCc2nnc(-c3cc(C)oc3C)o2)c1. The minimum atomic E-state index is -0.545. The summed E-state index contributed by atoms with van der Waals surface area (Å²) in [5.41, 5.74) is 1.02. The van der Waals surface area contributed by atoms with Crippen LogP contribution in [0, 0.1) is 13.8 Å². The molecular formula is C17H15ClN2O4S. The second-order valence-corrected chi connectivity index (χ2v) is 6.54. The van der Waals surface area contributed by atoms with Crippen molar-refractivity contribution in [3.05, 3.63) is 52.3 Å². The summed E-state index contributed by atoms with van der Waals surface area (Å²) in [5, 5.41) is 8.18. The van der Waals surface area contributed by atoms with E-state index in [0.717, 1.165) is 16.2 Å². The fourth-order valence-corrected chi connectivity index (χ4v) is 2.89. The second-order valence-electron chi connectivity index (χ2n) is 5.25. The summed E-state index contributed by atoms with van der Waals surface area (Å²) < 4.78 is 16.2. The lowest BCUT2D eigenvalue weighted by atomic mass is 10.2. The fraction of sp³-hybridized carbons (Fsp3) is 0.235. The molecule has 8 heteroatoms. The molecule has 130 valence electrons. The van der Waals surface area contributed by atoms with Gasteiger partial charge in [-0.15, -0.1) is 22.0 Å². The van der Waals surface area contributed by atoms with Crippen LogP contribution in [0.3, 0.4) is 0 Å². The summed E-state index contributed by atoms with van der Waals surface area (Å²) in [6.45, 7) is 3.51. The van der Waals surface area contributed by atoms with Crippen LogP contribution in [0.5, 0.6) is 0 Å². The highest BCUT2D eigenvalue weighted by Gasteiger charge is 2.17. The highest BCUT2D eigenvalue weighted by molar-refractivity contribution is 7.98. The van der Waals surface area contributed by atoms with Crippen LogP contribution in [-0.4, -0.2) is 22.4 Å². The van der Waals surface area contributed by atoms with Crippen LogP contribution in [-0.2, 0) is 11.3 Å². The first-order chi connectivity index (χ1) is 12.0. The van der Waals surface area contributed by atoms with E-state index in [4.69, 9.17) is 25.2 Å². The first-order valence-corrected chi connectivity index (χ1v) is 8.98. The third kappa shape index (κ3) is 3.88. The smallest absolute Gasteiger partial charge is 0.340 e. The van der Waals surface area contributed by atoms with E-state index in [9.17, 15) is 4.79 Å². The van der Waals surface area contributed by atoms with Gasteiger partial charge < -0.3 is 13.6 Å². The first kappa shape index (κ1) is 17.6. The van der Waals surface area contributed by atoms with Crippen LogP contribution in [0.15, 0.2) is 38.0 Å². The van der Waals surface area contributed by atoms with Gasteiger partial charge in [0.05, 0.1) is 16.1 Å². The summed E-state index contributed by atoms with van der Waals surface area (Å²) in [7, 11) is 0. The number of rotatable bonds is 5. The zero-order valence-corrected chi connectivity index (χ0v) is 15.4. The highest BCUT2D eigenvalue weighted by Crippen LogP contribution is 2.26. The largest absolute Gasteiger partial charge is 0.466 e. The first-order valence-electron chi connectivity index (χ1n) is 7.38. The molecule has 6 nitrogen and oxygen atoms in total. The van der Waals surface area contributed by atoms with Gasteiger partial charge in [0, 0.05) is 4.90 Å². The average Bonchev–Trinajstić information content (AvgIpc) is 3.19. The number of aryl methyl sites for hydroxylation is 2. The molecular weight excluding hydrogens is 364 g/mol. The molecule has 3 aromatic rings. The van der Waals surface area contributed by atoms with Crippen molar-refractivity contribution in [2.45, 2.75) is 25.3 Å². The van der Waals surface area contributed by atoms with Crippen LogP contribution in [0.25, 0.3) is 11.5 Å². The summed E-state index contributed by atoms with van der Waals surface area (Å²) in [6, 6.07) is 7.00. The molecule has 0 aliphatic heterocycles. The molecule has 0 radical (unpaired) electrons. The van der Waals surface area contributed by atoms with Gasteiger partial charge in [-0.05, 0) is 44.4 Å². The Kier molecular flexibility index (Phi) is 5.15. The number of carbonyl (C=O) groups excluding carboxylic acids is 1. The van der Waals surface area contributed by atoms with E-state index in [2.05, 4.69) is 10.2 Å². The number of carbonyl (C=O) groups is 1. The third-order valence-corrected chi connectivity index (χ3v) is 4.51. The van der Waals surface area contributed by atoms with Crippen molar-refractivity contribution >= 4 is 29.3 Å². The van der Waals surface area contributed by atoms with Crippen LogP contribution in [0.2, 0.25) is 5.02 Å². The van der Waals surface area contributed by atoms with Crippen molar-refractivity contribution in [2.75, 3.05) is 6.26 Å². The Morgan fingerprint density at radius 1 is 1.24 bits per heavy atom. The number of hydrogen-bond donors (Lipinski definition) is 0. The highest BCUT2D eigenvalue weighted by atomic mass is 35.5. The third-order valence-electron chi connectivity index (χ3n) is 3.46. The molecule has 0 atom stereocenters. The molecule has 0 N–H and O–H groups in total. The maximum absolute atomic E-state index is 12.2. The van der Waals surface area contributed by atoms with E-state index in [1.807, 2.05) is 32.2 Å². The normalized spacial score (nSPS) is 10.9. The van der Waals surface area contributed by atoms with Gasteiger partial charge in [0.2, 0.25) is 0 Å². The molecule has 0 aliphatic rings. The Hall–Kier alpha value is -2.25. The van der Waals surface area contributed by atoms with Crippen molar-refractivity contribution in [2.24, 2.45) is 0 Å². The van der Waals surface area contributed by atoms with Gasteiger partial charge in [-0.2, -0.15) is 0 Å². The van der Waals surface area contributed by atoms with Crippen LogP contribution in [0.4, 0.5) is 0 Å². The molecule has 0 saturated heterocycles. The van der Waals surface area contributed by atoms with E-state index in [1.165, 1.54) is 11.8 Å². The monoisotopic (exact) mass is 378 g/mol. The number of esters is 1. The topological polar surface area (TPSA) is 78.4 Å². The minimum absolute atomic E-state index is 0.137. The van der Waals surface area contributed by atoms with Crippen LogP contribution in [0.1, 0.15) is 27.8 Å². The number of hydrogen-bond acceptors (Lipinski definition) is 7. The molecule has 0 saturated carbocycles. The minimum Gasteiger partial charge on any atom is -0.466 e. The lowest BCUT2D eigenvalue weighted by Gasteiger charge is -2.05. The molecule has 0 aliphatic carbocycles. The lowest BCUT2D eigenvalue weighted by Crippen LogP contribution is -2.06. The van der Waals surface area contributed by atoms with Gasteiger partial charge in [0.25, 0.3) is 11.8 Å². The molecule has 1 aromatic carbocycles. The molecule has 2 aromatic heterocycles. The van der Waals surface area contributed by atoms with Gasteiger partial charge in [-0.3, -0.25) is 0 Å². The van der Waals surface area contributed by atoms with Crippen molar-refractivity contribution < 1.29 is 18.4 Å². The number of ether oxygens (including phenoxy) is 1. The predicted octanol–water partition coefficient (Wildman–Crippen LogP) is 4.68. The maximum Gasteiger partial charge on any atom is 0.340 e. The quantitative estimate of drug-likeness (QED) is 0.471. The Balaban J connectivity index is 1.70. The van der Waals surface area contributed by atoms with E-state index in [0.29, 0.717) is 22.2 Å². The van der Waals surface area contributed by atoms with Crippen molar-refractivity contribution in [3.63, 3.8) is 0 Å². The number of thioether (sulfide) groups is 1. The lowest BCUT2D eigenvalue weighted by molar-refractivity contribution is 0.0438. The molecule has 0 bridgehead atoms. The van der Waals surface area contributed by atoms with E-state index in [-0.39, 0.29) is 12.5 Å². The van der Waals surface area contributed by atoms with Crippen molar-refractivity contribution in [3.8, 4) is 11.5 Å². The summed E-state index contributed by atoms with van der Waals surface area (Å²) in [4.78, 5) is 13.1. The maximum atomic E-state index is 12.2. The molecule has 0 spiro atoms. The summed E-state index contributed by atoms with van der Waals surface area (Å²) in [5.74, 6) is 1.41. The van der Waals surface area contributed by atoms with Gasteiger partial charge in [-0.25, -0.2) is 4.79 Å². The predicted molar refractivity (Wildman–Crippen MR) is 93.8 cm³/mol. The number of halogens is 1. The average molecular weight is 379 g/mol. The Morgan fingerprint density at radius 3 is 2.72 bits per heavy atom. The molecule has 0 amide bonds. The summed E-state index contributed by atoms with van der Waals surface area (Å²) in [6.07, 6.45) is 1.91. The number of nitrogens with zero attached hydrogens (tertiary/aromatic N) is 2. The standard InChI is InChI=1S/C17H15ClN2O4S/c1-9-6-12(10(2)23-9)16-20-19-15(24-16)8-22-17(21)13-7-11(25-3)4-5-14(13)18/h4-7H,8H2,1-3H3. The van der Waals surface area contributed by atoms with E-state index < -0.39 is 5.97 Å². The molecule has 3 rings (SSSR count). The van der Waals surface area contributed by atoms with Crippen molar-refractivity contribution in [1.82, 2.24) is 10.2 Å². The van der Waals surface area contributed by atoms with Crippen LogP contribution < -0.4 is 0 Å². The Bertz CT molecular complexity index is 919. The zero-order valence-electron chi connectivity index (χ0n) is 13.8. The van der Waals surface area contributed by atoms with Crippen LogP contribution >= 0.6 is 23.4 Å². The van der Waals surface area contributed by atoms with Gasteiger partial charge in [0.1, 0.15) is 11.5 Å². The number of aromatic nitrogens is 2. The Morgan fingerprint density at radius 2 is 2.04 bits per heavy atom. The summed E-state index contributed by atoms with van der Waals surface area (Å²) >= 11 is 7.57. The van der Waals surface area contributed by atoms with Gasteiger partial charge in [0.15, 0.2) is 6.61 Å². The van der Waals surface area contributed by atoms with E-state index in [1.54, 1.807) is 12.1 Å². The fourth-order valence-electron chi connectivity index (χ4n) is 2.26. The van der Waals surface area contributed by atoms with Crippen molar-refractivity contribution in [1.29, 1.82) is 0 Å². The molecule has 25 heavy (non-hydrogen) atoms.